The first kappa shape index (κ1) is 15.3. The first-order valence-electron chi connectivity index (χ1n) is 5.62. The van der Waals surface area contributed by atoms with Crippen LogP contribution >= 0.6 is 0 Å². The molecule has 1 amide bonds. The van der Waals surface area contributed by atoms with Crippen LogP contribution in [0.1, 0.15) is 23.1 Å². The summed E-state index contributed by atoms with van der Waals surface area (Å²) in [6.07, 6.45) is -10.2. The Morgan fingerprint density at radius 1 is 1.00 bits per heavy atom. The molecule has 0 aliphatic carbocycles. The van der Waals surface area contributed by atoms with Gasteiger partial charge in [0.05, 0.1) is 23.3 Å². The number of halogens is 6. The minimum atomic E-state index is -4.93. The van der Waals surface area contributed by atoms with Gasteiger partial charge in [0.1, 0.15) is 0 Å². The third kappa shape index (κ3) is 3.17. The van der Waals surface area contributed by atoms with E-state index in [0.29, 0.717) is 12.1 Å². The fourth-order valence-electron chi connectivity index (χ4n) is 1.81. The minimum Gasteiger partial charge on any atom is -0.273 e. The highest BCUT2D eigenvalue weighted by molar-refractivity contribution is 6.13. The van der Waals surface area contributed by atoms with Crippen molar-refractivity contribution < 1.29 is 31.1 Å². The van der Waals surface area contributed by atoms with Gasteiger partial charge in [-0.05, 0) is 23.8 Å². The summed E-state index contributed by atoms with van der Waals surface area (Å²) < 4.78 is 76.2. The smallest absolute Gasteiger partial charge is 0.273 e. The first-order valence-corrected chi connectivity index (χ1v) is 5.62. The zero-order valence-corrected chi connectivity index (χ0v) is 10.5. The Hall–Kier alpha value is -2.06. The normalized spacial score (nSPS) is 16.4. The van der Waals surface area contributed by atoms with Gasteiger partial charge in [-0.25, -0.2) is 5.01 Å². The molecular weight excluding hydrogens is 302 g/mol. The van der Waals surface area contributed by atoms with Crippen LogP contribution in [0, 0.1) is 0 Å². The maximum atomic E-state index is 12.7. The van der Waals surface area contributed by atoms with Gasteiger partial charge < -0.3 is 0 Å². The van der Waals surface area contributed by atoms with E-state index in [0.717, 1.165) is 5.01 Å². The first-order chi connectivity index (χ1) is 9.48. The van der Waals surface area contributed by atoms with E-state index in [-0.39, 0.29) is 23.8 Å². The molecule has 1 heterocycles. The zero-order chi connectivity index (χ0) is 16.0. The number of benzene rings is 1. The third-order valence-corrected chi connectivity index (χ3v) is 2.87. The SMILES string of the molecule is CN1N=C(c2cc(C(F)(F)F)cc(C(F)(F)F)c2)CC1=O. The quantitative estimate of drug-likeness (QED) is 0.733. The van der Waals surface area contributed by atoms with Gasteiger partial charge in [0.25, 0.3) is 0 Å². The van der Waals surface area contributed by atoms with Crippen LogP contribution in [0.15, 0.2) is 23.3 Å². The number of hydrogen-bond donors (Lipinski definition) is 0. The summed E-state index contributed by atoms with van der Waals surface area (Å²) in [5, 5.41) is 4.53. The number of hydrazone groups is 1. The molecule has 0 fully saturated rings. The second-order valence-corrected chi connectivity index (χ2v) is 4.44. The van der Waals surface area contributed by atoms with Gasteiger partial charge in [-0.2, -0.15) is 31.4 Å². The van der Waals surface area contributed by atoms with Gasteiger partial charge in [-0.15, -0.1) is 0 Å². The van der Waals surface area contributed by atoms with E-state index >= 15 is 0 Å². The number of rotatable bonds is 1. The van der Waals surface area contributed by atoms with Crippen molar-refractivity contribution in [3.63, 3.8) is 0 Å². The van der Waals surface area contributed by atoms with Crippen molar-refractivity contribution in [3.05, 3.63) is 34.9 Å². The van der Waals surface area contributed by atoms with Gasteiger partial charge in [0, 0.05) is 7.05 Å². The van der Waals surface area contributed by atoms with Gasteiger partial charge in [-0.3, -0.25) is 4.79 Å². The second-order valence-electron chi connectivity index (χ2n) is 4.44. The number of hydrogen-bond acceptors (Lipinski definition) is 2. The van der Waals surface area contributed by atoms with Crippen LogP contribution in [-0.2, 0) is 17.1 Å². The predicted octanol–water partition coefficient (Wildman–Crippen LogP) is 3.29. The molecule has 3 nitrogen and oxygen atoms in total. The van der Waals surface area contributed by atoms with E-state index in [1.807, 2.05) is 0 Å². The Labute approximate surface area is 114 Å². The molecule has 9 heteroatoms. The highest BCUT2D eigenvalue weighted by atomic mass is 19.4. The summed E-state index contributed by atoms with van der Waals surface area (Å²) >= 11 is 0. The monoisotopic (exact) mass is 310 g/mol. The summed E-state index contributed by atoms with van der Waals surface area (Å²) in [5.74, 6) is -0.504. The molecule has 1 aromatic carbocycles. The molecule has 0 spiro atoms. The Morgan fingerprint density at radius 3 is 1.81 bits per heavy atom. The van der Waals surface area contributed by atoms with Crippen LogP contribution in [0.5, 0.6) is 0 Å². The largest absolute Gasteiger partial charge is 0.416 e. The number of nitrogens with zero attached hydrogens (tertiary/aromatic N) is 2. The van der Waals surface area contributed by atoms with Crippen LogP contribution < -0.4 is 0 Å². The highest BCUT2D eigenvalue weighted by Gasteiger charge is 2.37. The van der Waals surface area contributed by atoms with Crippen LogP contribution in [0.4, 0.5) is 26.3 Å². The van der Waals surface area contributed by atoms with E-state index in [9.17, 15) is 31.1 Å². The van der Waals surface area contributed by atoms with Crippen LogP contribution in [0.25, 0.3) is 0 Å². The fraction of sp³-hybridized carbons (Fsp3) is 0.333. The maximum Gasteiger partial charge on any atom is 0.416 e. The van der Waals surface area contributed by atoms with Gasteiger partial charge in [0.2, 0.25) is 5.91 Å². The summed E-state index contributed by atoms with van der Waals surface area (Å²) in [5.41, 5.74) is -3.36. The van der Waals surface area contributed by atoms with Crippen molar-refractivity contribution in [1.82, 2.24) is 5.01 Å². The predicted molar refractivity (Wildman–Crippen MR) is 60.4 cm³/mol. The fourth-order valence-corrected chi connectivity index (χ4v) is 1.81. The summed E-state index contributed by atoms with van der Waals surface area (Å²) in [6, 6.07) is 1.14. The van der Waals surface area contributed by atoms with E-state index in [4.69, 9.17) is 0 Å². The molecule has 1 aromatic rings. The summed E-state index contributed by atoms with van der Waals surface area (Å²) in [4.78, 5) is 11.3. The van der Waals surface area contributed by atoms with Crippen molar-refractivity contribution >= 4 is 11.6 Å². The maximum absolute atomic E-state index is 12.7. The molecule has 0 aromatic heterocycles. The van der Waals surface area contributed by atoms with Gasteiger partial charge in [-0.1, -0.05) is 0 Å². The Kier molecular flexibility index (Phi) is 3.46. The lowest BCUT2D eigenvalue weighted by molar-refractivity contribution is -0.143. The molecule has 21 heavy (non-hydrogen) atoms. The molecule has 2 rings (SSSR count). The molecule has 0 N–H and O–H groups in total. The van der Waals surface area contributed by atoms with Crippen LogP contribution in [0.2, 0.25) is 0 Å². The number of amides is 1. The Balaban J connectivity index is 2.57. The lowest BCUT2D eigenvalue weighted by Gasteiger charge is -2.13. The van der Waals surface area contributed by atoms with Crippen LogP contribution in [0.3, 0.4) is 0 Å². The Bertz CT molecular complexity index is 585. The second kappa shape index (κ2) is 4.74. The molecule has 0 saturated carbocycles. The van der Waals surface area contributed by atoms with E-state index < -0.39 is 29.4 Å². The molecule has 0 bridgehead atoms. The van der Waals surface area contributed by atoms with Crippen molar-refractivity contribution in [3.8, 4) is 0 Å². The number of carbonyl (C=O) groups excluding carboxylic acids is 1. The van der Waals surface area contributed by atoms with Crippen molar-refractivity contribution in [1.29, 1.82) is 0 Å². The molecular formula is C12H8F6N2O. The molecule has 0 saturated heterocycles. The van der Waals surface area contributed by atoms with Gasteiger partial charge in [0.15, 0.2) is 0 Å². The van der Waals surface area contributed by atoms with E-state index in [1.165, 1.54) is 7.05 Å². The topological polar surface area (TPSA) is 32.7 Å². The lowest BCUT2D eigenvalue weighted by Crippen LogP contribution is -2.14. The molecule has 1 aliphatic heterocycles. The molecule has 114 valence electrons. The zero-order valence-electron chi connectivity index (χ0n) is 10.5. The van der Waals surface area contributed by atoms with Gasteiger partial charge >= 0.3 is 12.4 Å². The summed E-state index contributed by atoms with van der Waals surface area (Å²) in [7, 11) is 1.27. The third-order valence-electron chi connectivity index (χ3n) is 2.87. The molecule has 0 atom stereocenters. The molecule has 0 unspecified atom stereocenters. The van der Waals surface area contributed by atoms with Crippen molar-refractivity contribution in [2.45, 2.75) is 18.8 Å². The van der Waals surface area contributed by atoms with Crippen molar-refractivity contribution in [2.24, 2.45) is 5.10 Å². The average Bonchev–Trinajstić information content (AvgIpc) is 2.67. The standard InChI is InChI=1S/C12H8F6N2O/c1-20-10(21)5-9(19-20)6-2-7(11(13,14)15)4-8(3-6)12(16,17)18/h2-4H,5H2,1H3. The Morgan fingerprint density at radius 2 is 1.48 bits per heavy atom. The van der Waals surface area contributed by atoms with Crippen LogP contribution in [-0.4, -0.2) is 23.7 Å². The van der Waals surface area contributed by atoms with Crippen molar-refractivity contribution in [2.75, 3.05) is 7.05 Å². The lowest BCUT2D eigenvalue weighted by atomic mass is 10.0. The van der Waals surface area contributed by atoms with E-state index in [1.54, 1.807) is 0 Å². The minimum absolute atomic E-state index is 0.0323. The molecule has 0 radical (unpaired) electrons. The summed E-state index contributed by atoms with van der Waals surface area (Å²) in [6.45, 7) is 0. The van der Waals surface area contributed by atoms with E-state index in [2.05, 4.69) is 5.10 Å². The average molecular weight is 310 g/mol. The number of alkyl halides is 6. The number of carbonyl (C=O) groups is 1. The highest BCUT2D eigenvalue weighted by Crippen LogP contribution is 2.36. The molecule has 1 aliphatic rings.